The Bertz CT molecular complexity index is 819. The standard InChI is InChI=1S/C32H56O3Si/c1-9-10-14-28(23-33)25(4)30-21-29-18-19-32(30,35-29)22-27-16-12-11-15-26(27)17-13-20-34-36(7,8)31(5,6)24(2)3/h11-12,15-16,24-25,28-30,33H,9-10,13-14,17-23H2,1-8H3/t25-,28+,29-,30?,32-/m1/s1. The van der Waals surface area contributed by atoms with Gasteiger partial charge in [0.15, 0.2) is 8.32 Å². The van der Waals surface area contributed by atoms with Crippen molar-refractivity contribution in [2.24, 2.45) is 23.7 Å². The lowest BCUT2D eigenvalue weighted by atomic mass is 9.66. The minimum atomic E-state index is -1.77. The summed E-state index contributed by atoms with van der Waals surface area (Å²) in [5, 5.41) is 10.4. The van der Waals surface area contributed by atoms with Crippen LogP contribution in [0.3, 0.4) is 0 Å². The van der Waals surface area contributed by atoms with E-state index in [1.165, 1.54) is 43.2 Å². The molecule has 5 atom stereocenters. The minimum Gasteiger partial charge on any atom is -0.417 e. The van der Waals surface area contributed by atoms with Crippen molar-refractivity contribution >= 4 is 8.32 Å². The molecule has 4 heteroatoms. The number of ether oxygens (including phenoxy) is 1. The lowest BCUT2D eigenvalue weighted by Crippen LogP contribution is -2.45. The summed E-state index contributed by atoms with van der Waals surface area (Å²) in [5.74, 6) is 2.07. The molecule has 0 aromatic heterocycles. The average Bonchev–Trinajstić information content (AvgIpc) is 3.41. The second kappa shape index (κ2) is 12.4. The van der Waals surface area contributed by atoms with Crippen molar-refractivity contribution < 1.29 is 14.3 Å². The monoisotopic (exact) mass is 516 g/mol. The first-order chi connectivity index (χ1) is 17.0. The van der Waals surface area contributed by atoms with Crippen LogP contribution in [0.1, 0.15) is 97.6 Å². The van der Waals surface area contributed by atoms with Crippen molar-refractivity contribution in [1.82, 2.24) is 0 Å². The van der Waals surface area contributed by atoms with Gasteiger partial charge in [-0.15, -0.1) is 0 Å². The fraction of sp³-hybridized carbons (Fsp3) is 0.812. The second-order valence-corrected chi connectivity index (χ2v) is 18.0. The molecule has 0 radical (unpaired) electrons. The molecule has 2 aliphatic heterocycles. The lowest BCUT2D eigenvalue weighted by Gasteiger charge is -2.42. The van der Waals surface area contributed by atoms with Crippen LogP contribution in [0.15, 0.2) is 24.3 Å². The first-order valence-corrected chi connectivity index (χ1v) is 17.9. The van der Waals surface area contributed by atoms with Gasteiger partial charge >= 0.3 is 0 Å². The molecule has 1 N–H and O–H groups in total. The highest BCUT2D eigenvalue weighted by molar-refractivity contribution is 6.74. The maximum Gasteiger partial charge on any atom is 0.192 e. The lowest BCUT2D eigenvalue weighted by molar-refractivity contribution is -0.0314. The Hall–Kier alpha value is -0.683. The topological polar surface area (TPSA) is 38.7 Å². The number of hydrogen-bond acceptors (Lipinski definition) is 3. The number of unbranched alkanes of at least 4 members (excludes halogenated alkanes) is 1. The van der Waals surface area contributed by atoms with Gasteiger partial charge in [0.25, 0.3) is 0 Å². The Kier molecular flexibility index (Phi) is 10.3. The van der Waals surface area contributed by atoms with Crippen LogP contribution in [0.4, 0.5) is 0 Å². The summed E-state index contributed by atoms with van der Waals surface area (Å²) in [5.41, 5.74) is 2.88. The molecule has 0 aliphatic carbocycles. The van der Waals surface area contributed by atoms with Gasteiger partial charge < -0.3 is 14.3 Å². The predicted octanol–water partition coefficient (Wildman–Crippen LogP) is 8.19. The van der Waals surface area contributed by atoms with Gasteiger partial charge in [-0.1, -0.05) is 78.6 Å². The van der Waals surface area contributed by atoms with E-state index in [-0.39, 0.29) is 10.6 Å². The van der Waals surface area contributed by atoms with Crippen LogP contribution in [0.5, 0.6) is 0 Å². The van der Waals surface area contributed by atoms with Crippen molar-refractivity contribution in [3.05, 3.63) is 35.4 Å². The van der Waals surface area contributed by atoms with E-state index >= 15 is 0 Å². The van der Waals surface area contributed by atoms with Crippen LogP contribution in [0.2, 0.25) is 18.1 Å². The number of rotatable bonds is 15. The Morgan fingerprint density at radius 1 is 1.14 bits per heavy atom. The average molecular weight is 517 g/mol. The minimum absolute atomic E-state index is 0.0491. The summed E-state index contributed by atoms with van der Waals surface area (Å²) < 4.78 is 13.4. The van der Waals surface area contributed by atoms with Crippen LogP contribution >= 0.6 is 0 Å². The van der Waals surface area contributed by atoms with Crippen LogP contribution < -0.4 is 0 Å². The molecule has 1 aromatic rings. The summed E-state index contributed by atoms with van der Waals surface area (Å²) in [6.45, 7) is 20.0. The Morgan fingerprint density at radius 2 is 1.83 bits per heavy atom. The van der Waals surface area contributed by atoms with Crippen LogP contribution in [0, 0.1) is 23.7 Å². The third-order valence-corrected chi connectivity index (χ3v) is 15.3. The van der Waals surface area contributed by atoms with Crippen molar-refractivity contribution in [3.8, 4) is 0 Å². The second-order valence-electron chi connectivity index (χ2n) is 13.4. The number of aliphatic hydroxyl groups excluding tert-OH is 1. The van der Waals surface area contributed by atoms with Gasteiger partial charge in [0.05, 0.1) is 11.7 Å². The third kappa shape index (κ3) is 6.47. The van der Waals surface area contributed by atoms with E-state index in [4.69, 9.17) is 9.16 Å². The maximum atomic E-state index is 10.2. The smallest absolute Gasteiger partial charge is 0.192 e. The van der Waals surface area contributed by atoms with E-state index in [1.54, 1.807) is 0 Å². The van der Waals surface area contributed by atoms with Crippen LogP contribution in [0.25, 0.3) is 0 Å². The highest BCUT2D eigenvalue weighted by Gasteiger charge is 2.55. The molecular weight excluding hydrogens is 460 g/mol. The number of benzene rings is 1. The van der Waals surface area contributed by atoms with E-state index in [1.807, 2.05) is 0 Å². The summed E-state index contributed by atoms with van der Waals surface area (Å²) in [6, 6.07) is 9.05. The Balaban J connectivity index is 1.66. The van der Waals surface area contributed by atoms with E-state index in [0.717, 1.165) is 32.3 Å². The van der Waals surface area contributed by atoms with Crippen molar-refractivity contribution in [3.63, 3.8) is 0 Å². The molecule has 0 spiro atoms. The van der Waals surface area contributed by atoms with E-state index in [2.05, 4.69) is 78.9 Å². The number of aliphatic hydroxyl groups is 1. The number of fused-ring (bicyclic) bond motifs is 2. The number of hydrogen-bond donors (Lipinski definition) is 1. The molecular formula is C32H56O3Si. The molecule has 1 aromatic carbocycles. The summed E-state index contributed by atoms with van der Waals surface area (Å²) in [7, 11) is -1.77. The molecule has 0 amide bonds. The molecule has 2 fully saturated rings. The van der Waals surface area contributed by atoms with Gasteiger partial charge in [0, 0.05) is 19.6 Å². The fourth-order valence-electron chi connectivity index (χ4n) is 6.83. The fourth-order valence-corrected chi connectivity index (χ4v) is 9.25. The third-order valence-electron chi connectivity index (χ3n) is 10.7. The zero-order valence-corrected chi connectivity index (χ0v) is 25.7. The normalized spacial score (nSPS) is 26.1. The van der Waals surface area contributed by atoms with Gasteiger partial charge in [0.1, 0.15) is 0 Å². The molecule has 2 bridgehead atoms. The van der Waals surface area contributed by atoms with E-state index in [9.17, 15) is 5.11 Å². The zero-order valence-electron chi connectivity index (χ0n) is 24.7. The summed E-state index contributed by atoms with van der Waals surface area (Å²) in [6.07, 6.45) is 10.6. The molecule has 2 aliphatic rings. The van der Waals surface area contributed by atoms with Crippen molar-refractivity contribution in [2.45, 2.75) is 129 Å². The van der Waals surface area contributed by atoms with Gasteiger partial charge in [-0.05, 0) is 91.5 Å². The van der Waals surface area contributed by atoms with Gasteiger partial charge in [0.2, 0.25) is 0 Å². The van der Waals surface area contributed by atoms with Gasteiger partial charge in [-0.2, -0.15) is 0 Å². The van der Waals surface area contributed by atoms with Gasteiger partial charge in [-0.25, -0.2) is 0 Å². The molecule has 1 unspecified atom stereocenters. The molecule has 0 saturated carbocycles. The maximum absolute atomic E-state index is 10.2. The number of aryl methyl sites for hydroxylation is 1. The van der Waals surface area contributed by atoms with Crippen molar-refractivity contribution in [2.75, 3.05) is 13.2 Å². The molecule has 2 heterocycles. The molecule has 3 rings (SSSR count). The van der Waals surface area contributed by atoms with Gasteiger partial charge in [-0.3, -0.25) is 0 Å². The highest BCUT2D eigenvalue weighted by Crippen LogP contribution is 2.54. The van der Waals surface area contributed by atoms with Crippen molar-refractivity contribution in [1.29, 1.82) is 0 Å². The largest absolute Gasteiger partial charge is 0.417 e. The summed E-state index contributed by atoms with van der Waals surface area (Å²) in [4.78, 5) is 0. The quantitative estimate of drug-likeness (QED) is 0.189. The van der Waals surface area contributed by atoms with E-state index in [0.29, 0.717) is 36.4 Å². The van der Waals surface area contributed by atoms with E-state index < -0.39 is 8.32 Å². The predicted molar refractivity (Wildman–Crippen MR) is 155 cm³/mol. The molecule has 2 saturated heterocycles. The first kappa shape index (κ1) is 29.9. The summed E-state index contributed by atoms with van der Waals surface area (Å²) >= 11 is 0. The Labute approximate surface area is 223 Å². The van der Waals surface area contributed by atoms with Crippen LogP contribution in [-0.2, 0) is 22.0 Å². The molecule has 36 heavy (non-hydrogen) atoms. The first-order valence-electron chi connectivity index (χ1n) is 15.0. The highest BCUT2D eigenvalue weighted by atomic mass is 28.4. The van der Waals surface area contributed by atoms with Crippen LogP contribution in [-0.4, -0.2) is 38.3 Å². The molecule has 3 nitrogen and oxygen atoms in total. The molecule has 206 valence electrons. The Morgan fingerprint density at radius 3 is 2.44 bits per heavy atom. The SMILES string of the molecule is CCCC[C@@H](CO)[C@@H](C)C1C[C@H]2CC[C@]1(Cc1ccccc1CCCO[Si](C)(C)C(C)(C)C(C)C)O2. The zero-order chi connectivity index (χ0) is 26.6.